The highest BCUT2D eigenvalue weighted by molar-refractivity contribution is 5.90. The predicted octanol–water partition coefficient (Wildman–Crippen LogP) is 2.52. The molecule has 0 aliphatic heterocycles. The van der Waals surface area contributed by atoms with E-state index in [-0.39, 0.29) is 12.5 Å². The van der Waals surface area contributed by atoms with Gasteiger partial charge in [0.25, 0.3) is 0 Å². The number of carboxylic acids is 1. The van der Waals surface area contributed by atoms with Crippen molar-refractivity contribution in [3.8, 4) is 5.75 Å². The largest absolute Gasteiger partial charge is 0.482 e. The van der Waals surface area contributed by atoms with Gasteiger partial charge in [0.15, 0.2) is 6.61 Å². The Morgan fingerprint density at radius 3 is 2.42 bits per heavy atom. The summed E-state index contributed by atoms with van der Waals surface area (Å²) in [5, 5.41) is 11.2. The summed E-state index contributed by atoms with van der Waals surface area (Å²) in [6.07, 6.45) is 1.35. The Bertz CT molecular complexity index is 426. The molecular formula is C14H19NO4. The molecule has 5 heteroatoms. The van der Waals surface area contributed by atoms with Crippen molar-refractivity contribution in [1.82, 2.24) is 0 Å². The first-order valence-electron chi connectivity index (χ1n) is 6.22. The van der Waals surface area contributed by atoms with Gasteiger partial charge >= 0.3 is 5.97 Å². The van der Waals surface area contributed by atoms with Crippen molar-refractivity contribution in [2.24, 2.45) is 5.92 Å². The summed E-state index contributed by atoms with van der Waals surface area (Å²) in [5.74, 6) is -0.0842. The fourth-order valence-electron chi connectivity index (χ4n) is 1.42. The lowest BCUT2D eigenvalue weighted by Gasteiger charge is -2.08. The standard InChI is InChI=1S/C14H19NO4/c1-10(2)3-8-13(16)15-11-4-6-12(7-5-11)19-9-14(17)18/h4-7,10H,3,8-9H2,1-2H3,(H,15,16)(H,17,18). The number of nitrogens with one attached hydrogen (secondary N) is 1. The van der Waals surface area contributed by atoms with Crippen LogP contribution in [0.5, 0.6) is 5.75 Å². The van der Waals surface area contributed by atoms with Crippen LogP contribution in [-0.4, -0.2) is 23.6 Å². The number of rotatable bonds is 7. The molecule has 0 fully saturated rings. The van der Waals surface area contributed by atoms with Crippen LogP contribution in [0.3, 0.4) is 0 Å². The zero-order chi connectivity index (χ0) is 14.3. The number of carboxylic acid groups (broad SMARTS) is 1. The second kappa shape index (κ2) is 7.41. The van der Waals surface area contributed by atoms with Crippen molar-refractivity contribution < 1.29 is 19.4 Å². The van der Waals surface area contributed by atoms with Crippen LogP contribution in [0.1, 0.15) is 26.7 Å². The van der Waals surface area contributed by atoms with E-state index >= 15 is 0 Å². The summed E-state index contributed by atoms with van der Waals surface area (Å²) >= 11 is 0. The first-order chi connectivity index (χ1) is 8.97. The smallest absolute Gasteiger partial charge is 0.341 e. The molecule has 0 atom stereocenters. The van der Waals surface area contributed by atoms with Gasteiger partial charge in [0.05, 0.1) is 0 Å². The lowest BCUT2D eigenvalue weighted by Crippen LogP contribution is -2.12. The van der Waals surface area contributed by atoms with Crippen molar-refractivity contribution in [2.75, 3.05) is 11.9 Å². The zero-order valence-electron chi connectivity index (χ0n) is 11.2. The van der Waals surface area contributed by atoms with Crippen LogP contribution in [0, 0.1) is 5.92 Å². The Balaban J connectivity index is 2.43. The van der Waals surface area contributed by atoms with Crippen molar-refractivity contribution in [2.45, 2.75) is 26.7 Å². The van der Waals surface area contributed by atoms with E-state index in [1.165, 1.54) is 0 Å². The molecule has 19 heavy (non-hydrogen) atoms. The van der Waals surface area contributed by atoms with Crippen LogP contribution in [0.4, 0.5) is 5.69 Å². The monoisotopic (exact) mass is 265 g/mol. The molecule has 1 aromatic carbocycles. The average Bonchev–Trinajstić information content (AvgIpc) is 2.35. The number of carbonyl (C=O) groups excluding carboxylic acids is 1. The van der Waals surface area contributed by atoms with E-state index in [0.29, 0.717) is 23.8 Å². The Hall–Kier alpha value is -2.04. The molecule has 0 aliphatic rings. The molecule has 104 valence electrons. The molecule has 5 nitrogen and oxygen atoms in total. The molecule has 0 unspecified atom stereocenters. The van der Waals surface area contributed by atoms with Crippen LogP contribution in [0.15, 0.2) is 24.3 Å². The Morgan fingerprint density at radius 1 is 1.26 bits per heavy atom. The maximum absolute atomic E-state index is 11.6. The van der Waals surface area contributed by atoms with E-state index in [1.807, 2.05) is 0 Å². The maximum Gasteiger partial charge on any atom is 0.341 e. The lowest BCUT2D eigenvalue weighted by molar-refractivity contribution is -0.139. The second-order valence-corrected chi connectivity index (χ2v) is 4.69. The number of carbonyl (C=O) groups is 2. The van der Waals surface area contributed by atoms with E-state index in [4.69, 9.17) is 9.84 Å². The van der Waals surface area contributed by atoms with Crippen LogP contribution in [0.2, 0.25) is 0 Å². The third kappa shape index (κ3) is 6.45. The zero-order valence-corrected chi connectivity index (χ0v) is 11.2. The SMILES string of the molecule is CC(C)CCC(=O)Nc1ccc(OCC(=O)O)cc1. The number of benzene rings is 1. The van der Waals surface area contributed by atoms with Gasteiger partial charge < -0.3 is 15.2 Å². The van der Waals surface area contributed by atoms with E-state index in [9.17, 15) is 9.59 Å². The Labute approximate surface area is 112 Å². The number of hydrogen-bond acceptors (Lipinski definition) is 3. The highest BCUT2D eigenvalue weighted by Crippen LogP contribution is 2.16. The molecule has 1 aromatic rings. The van der Waals surface area contributed by atoms with Crippen LogP contribution in [-0.2, 0) is 9.59 Å². The highest BCUT2D eigenvalue weighted by atomic mass is 16.5. The number of hydrogen-bond donors (Lipinski definition) is 2. The normalized spacial score (nSPS) is 10.3. The fraction of sp³-hybridized carbons (Fsp3) is 0.429. The highest BCUT2D eigenvalue weighted by Gasteiger charge is 2.04. The summed E-state index contributed by atoms with van der Waals surface area (Å²) in [5.41, 5.74) is 0.677. The number of amides is 1. The van der Waals surface area contributed by atoms with E-state index < -0.39 is 5.97 Å². The minimum atomic E-state index is -1.02. The molecule has 1 amide bonds. The van der Waals surface area contributed by atoms with E-state index in [0.717, 1.165) is 6.42 Å². The molecule has 0 bridgehead atoms. The molecule has 0 radical (unpaired) electrons. The molecule has 2 N–H and O–H groups in total. The summed E-state index contributed by atoms with van der Waals surface area (Å²) in [6, 6.07) is 6.62. The molecule has 1 rings (SSSR count). The van der Waals surface area contributed by atoms with Gasteiger partial charge in [0.2, 0.25) is 5.91 Å². The molecule has 0 saturated heterocycles. The van der Waals surface area contributed by atoms with E-state index in [2.05, 4.69) is 19.2 Å². The van der Waals surface area contributed by atoms with Gasteiger partial charge in [-0.2, -0.15) is 0 Å². The molecule has 0 aromatic heterocycles. The quantitative estimate of drug-likeness (QED) is 0.794. The third-order valence-electron chi connectivity index (χ3n) is 2.45. The predicted molar refractivity (Wildman–Crippen MR) is 72.3 cm³/mol. The van der Waals surface area contributed by atoms with Gasteiger partial charge in [0.1, 0.15) is 5.75 Å². The molecule has 0 saturated carbocycles. The Kier molecular flexibility index (Phi) is 5.85. The van der Waals surface area contributed by atoms with Gasteiger partial charge in [-0.15, -0.1) is 0 Å². The average molecular weight is 265 g/mol. The van der Waals surface area contributed by atoms with Crippen molar-refractivity contribution in [1.29, 1.82) is 0 Å². The van der Waals surface area contributed by atoms with Crippen molar-refractivity contribution in [3.63, 3.8) is 0 Å². The van der Waals surface area contributed by atoms with Crippen molar-refractivity contribution in [3.05, 3.63) is 24.3 Å². The summed E-state index contributed by atoms with van der Waals surface area (Å²) in [7, 11) is 0. The maximum atomic E-state index is 11.6. The van der Waals surface area contributed by atoms with Crippen LogP contribution >= 0.6 is 0 Å². The Morgan fingerprint density at radius 2 is 1.89 bits per heavy atom. The first-order valence-corrected chi connectivity index (χ1v) is 6.22. The van der Waals surface area contributed by atoms with Crippen LogP contribution < -0.4 is 10.1 Å². The van der Waals surface area contributed by atoms with Gasteiger partial charge in [0, 0.05) is 12.1 Å². The van der Waals surface area contributed by atoms with Gasteiger partial charge in [-0.3, -0.25) is 4.79 Å². The molecule has 0 heterocycles. The van der Waals surface area contributed by atoms with Crippen molar-refractivity contribution >= 4 is 17.6 Å². The third-order valence-corrected chi connectivity index (χ3v) is 2.45. The van der Waals surface area contributed by atoms with Crippen LogP contribution in [0.25, 0.3) is 0 Å². The number of aliphatic carboxylic acids is 1. The number of anilines is 1. The lowest BCUT2D eigenvalue weighted by atomic mass is 10.1. The summed E-state index contributed by atoms with van der Waals surface area (Å²) in [4.78, 5) is 21.9. The minimum absolute atomic E-state index is 0.0205. The second-order valence-electron chi connectivity index (χ2n) is 4.69. The molecule has 0 aliphatic carbocycles. The fourth-order valence-corrected chi connectivity index (χ4v) is 1.42. The van der Waals surface area contributed by atoms with E-state index in [1.54, 1.807) is 24.3 Å². The van der Waals surface area contributed by atoms with Gasteiger partial charge in [-0.1, -0.05) is 13.8 Å². The minimum Gasteiger partial charge on any atom is -0.482 e. The van der Waals surface area contributed by atoms with Gasteiger partial charge in [-0.25, -0.2) is 4.79 Å². The van der Waals surface area contributed by atoms with Gasteiger partial charge in [-0.05, 0) is 36.6 Å². The summed E-state index contributed by atoms with van der Waals surface area (Å²) < 4.78 is 4.99. The first kappa shape index (κ1) is 15.0. The number of ether oxygens (including phenoxy) is 1. The topological polar surface area (TPSA) is 75.6 Å². The summed E-state index contributed by atoms with van der Waals surface area (Å²) in [6.45, 7) is 3.77. The molecule has 0 spiro atoms. The molecular weight excluding hydrogens is 246 g/mol.